The molecule has 1 saturated heterocycles. The molecule has 4 rings (SSSR count). The van der Waals surface area contributed by atoms with Gasteiger partial charge in [0, 0.05) is 35.1 Å². The van der Waals surface area contributed by atoms with Crippen molar-refractivity contribution in [2.45, 2.75) is 36.7 Å². The zero-order valence-electron chi connectivity index (χ0n) is 16.7. The Morgan fingerprint density at radius 2 is 1.77 bits per heavy atom. The molecule has 3 aromatic rings. The van der Waals surface area contributed by atoms with Gasteiger partial charge >= 0.3 is 0 Å². The molecule has 156 valence electrons. The molecule has 1 atom stereocenters. The van der Waals surface area contributed by atoms with Gasteiger partial charge in [-0.15, -0.1) is 10.2 Å². The van der Waals surface area contributed by atoms with Crippen LogP contribution in [-0.4, -0.2) is 34.4 Å². The molecule has 1 aliphatic rings. The summed E-state index contributed by atoms with van der Waals surface area (Å²) in [6.45, 7) is 4.01. The van der Waals surface area contributed by atoms with Crippen LogP contribution in [0.3, 0.4) is 0 Å². The van der Waals surface area contributed by atoms with E-state index in [0.717, 1.165) is 24.3 Å². The number of rotatable bonds is 6. The third-order valence-electron chi connectivity index (χ3n) is 5.00. The van der Waals surface area contributed by atoms with Gasteiger partial charge in [-0.25, -0.2) is 0 Å². The lowest BCUT2D eigenvalue weighted by Gasteiger charge is -2.28. The number of benzene rings is 2. The van der Waals surface area contributed by atoms with Crippen LogP contribution in [0, 0.1) is 0 Å². The number of thioether (sulfide) groups is 1. The van der Waals surface area contributed by atoms with E-state index < -0.39 is 0 Å². The molecule has 1 aliphatic heterocycles. The monoisotopic (exact) mass is 442 g/mol. The van der Waals surface area contributed by atoms with Crippen LogP contribution in [0.1, 0.15) is 26.2 Å². The minimum Gasteiger partial charge on any atom is -0.411 e. The van der Waals surface area contributed by atoms with Gasteiger partial charge in [0.1, 0.15) is 0 Å². The van der Waals surface area contributed by atoms with Gasteiger partial charge in [0.25, 0.3) is 5.22 Å². The van der Waals surface area contributed by atoms with Crippen molar-refractivity contribution in [3.63, 3.8) is 0 Å². The number of piperidine rings is 1. The smallest absolute Gasteiger partial charge is 0.277 e. The zero-order valence-corrected chi connectivity index (χ0v) is 18.2. The number of halogens is 1. The first-order valence-corrected chi connectivity index (χ1v) is 11.3. The highest BCUT2D eigenvalue weighted by atomic mass is 35.5. The summed E-state index contributed by atoms with van der Waals surface area (Å²) in [7, 11) is 0. The van der Waals surface area contributed by atoms with Gasteiger partial charge in [-0.1, -0.05) is 23.4 Å². The average Bonchev–Trinajstić information content (AvgIpc) is 3.24. The maximum atomic E-state index is 12.6. The quantitative estimate of drug-likeness (QED) is 0.508. The molecule has 0 spiro atoms. The van der Waals surface area contributed by atoms with Crippen molar-refractivity contribution in [1.29, 1.82) is 0 Å². The van der Waals surface area contributed by atoms with Gasteiger partial charge in [0.05, 0.1) is 5.25 Å². The van der Waals surface area contributed by atoms with Crippen LogP contribution in [0.4, 0.5) is 11.4 Å². The minimum absolute atomic E-state index is 0.114. The molecule has 0 bridgehead atoms. The van der Waals surface area contributed by atoms with Crippen LogP contribution in [0.5, 0.6) is 0 Å². The second-order valence-corrected chi connectivity index (χ2v) is 8.95. The Morgan fingerprint density at radius 1 is 1.07 bits per heavy atom. The fraction of sp³-hybridized carbons (Fsp3) is 0.318. The van der Waals surface area contributed by atoms with E-state index in [1.165, 1.54) is 36.7 Å². The summed E-state index contributed by atoms with van der Waals surface area (Å²) in [5, 5.41) is 11.6. The number of amides is 1. The summed E-state index contributed by atoms with van der Waals surface area (Å²) in [6.07, 6.45) is 3.78. The average molecular weight is 443 g/mol. The van der Waals surface area contributed by atoms with Gasteiger partial charge in [0.2, 0.25) is 11.8 Å². The molecular formula is C22H23ClN4O2S. The molecule has 1 fully saturated rings. The van der Waals surface area contributed by atoms with Crippen molar-refractivity contribution in [2.24, 2.45) is 0 Å². The summed E-state index contributed by atoms with van der Waals surface area (Å²) in [6, 6.07) is 15.2. The van der Waals surface area contributed by atoms with Gasteiger partial charge < -0.3 is 14.6 Å². The molecule has 1 amide bonds. The lowest BCUT2D eigenvalue weighted by Crippen LogP contribution is -2.29. The van der Waals surface area contributed by atoms with Gasteiger partial charge in [-0.05, 0) is 74.7 Å². The topological polar surface area (TPSA) is 71.3 Å². The fourth-order valence-electron chi connectivity index (χ4n) is 3.32. The summed E-state index contributed by atoms with van der Waals surface area (Å²) in [5.41, 5.74) is 2.76. The lowest BCUT2D eigenvalue weighted by atomic mass is 10.1. The first-order chi connectivity index (χ1) is 14.6. The number of carbonyl (C=O) groups excluding carboxylic acids is 1. The van der Waals surface area contributed by atoms with E-state index >= 15 is 0 Å². The number of hydrogen-bond acceptors (Lipinski definition) is 6. The van der Waals surface area contributed by atoms with Crippen LogP contribution in [-0.2, 0) is 4.79 Å². The van der Waals surface area contributed by atoms with Crippen LogP contribution in [0.15, 0.2) is 58.2 Å². The van der Waals surface area contributed by atoms with Crippen LogP contribution >= 0.6 is 23.4 Å². The molecule has 2 heterocycles. The molecule has 0 radical (unpaired) electrons. The van der Waals surface area contributed by atoms with Crippen molar-refractivity contribution in [3.05, 3.63) is 53.6 Å². The maximum absolute atomic E-state index is 12.6. The van der Waals surface area contributed by atoms with E-state index in [0.29, 0.717) is 16.1 Å². The third-order valence-corrected chi connectivity index (χ3v) is 6.19. The summed E-state index contributed by atoms with van der Waals surface area (Å²) < 4.78 is 5.68. The predicted octanol–water partition coefficient (Wildman–Crippen LogP) is 5.50. The van der Waals surface area contributed by atoms with E-state index in [1.807, 2.05) is 31.2 Å². The molecule has 1 N–H and O–H groups in total. The first kappa shape index (κ1) is 20.8. The Kier molecular flexibility index (Phi) is 6.59. The molecule has 0 aliphatic carbocycles. The van der Waals surface area contributed by atoms with Gasteiger partial charge in [-0.2, -0.15) is 0 Å². The van der Waals surface area contributed by atoms with Crippen molar-refractivity contribution in [2.75, 3.05) is 23.3 Å². The maximum Gasteiger partial charge on any atom is 0.277 e. The second-order valence-electron chi connectivity index (χ2n) is 7.22. The van der Waals surface area contributed by atoms with Gasteiger partial charge in [-0.3, -0.25) is 4.79 Å². The highest BCUT2D eigenvalue weighted by molar-refractivity contribution is 8.00. The molecule has 2 aromatic carbocycles. The third kappa shape index (κ3) is 5.15. The molecule has 1 aromatic heterocycles. The zero-order chi connectivity index (χ0) is 20.9. The number of anilines is 2. The second kappa shape index (κ2) is 9.53. The molecule has 1 unspecified atom stereocenters. The van der Waals surface area contributed by atoms with E-state index in [1.54, 1.807) is 12.1 Å². The van der Waals surface area contributed by atoms with E-state index in [9.17, 15) is 4.79 Å². The molecule has 30 heavy (non-hydrogen) atoms. The van der Waals surface area contributed by atoms with Crippen molar-refractivity contribution in [1.82, 2.24) is 10.2 Å². The molecule has 8 heteroatoms. The Morgan fingerprint density at radius 3 is 2.47 bits per heavy atom. The molecular weight excluding hydrogens is 420 g/mol. The number of nitrogens with zero attached hydrogens (tertiary/aromatic N) is 3. The van der Waals surface area contributed by atoms with E-state index in [2.05, 4.69) is 32.5 Å². The van der Waals surface area contributed by atoms with Crippen molar-refractivity contribution in [3.8, 4) is 11.5 Å². The van der Waals surface area contributed by atoms with Crippen LogP contribution in [0.25, 0.3) is 11.5 Å². The number of hydrogen-bond donors (Lipinski definition) is 1. The summed E-state index contributed by atoms with van der Waals surface area (Å²) >= 11 is 7.13. The summed E-state index contributed by atoms with van der Waals surface area (Å²) in [5.74, 6) is 0.284. The lowest BCUT2D eigenvalue weighted by molar-refractivity contribution is -0.115. The number of nitrogens with one attached hydrogen (secondary N) is 1. The Bertz CT molecular complexity index is 985. The number of aromatic nitrogens is 2. The minimum atomic E-state index is -0.384. The van der Waals surface area contributed by atoms with Crippen molar-refractivity contribution >= 4 is 40.6 Å². The fourth-order valence-corrected chi connectivity index (χ4v) is 4.13. The van der Waals surface area contributed by atoms with Gasteiger partial charge in [0.15, 0.2) is 0 Å². The predicted molar refractivity (Wildman–Crippen MR) is 121 cm³/mol. The summed E-state index contributed by atoms with van der Waals surface area (Å²) in [4.78, 5) is 15.0. The van der Waals surface area contributed by atoms with Crippen LogP contribution < -0.4 is 10.2 Å². The highest BCUT2D eigenvalue weighted by Crippen LogP contribution is 2.28. The van der Waals surface area contributed by atoms with Crippen molar-refractivity contribution < 1.29 is 9.21 Å². The first-order valence-electron chi connectivity index (χ1n) is 10.0. The standard InChI is InChI=1S/C22H23ClN4O2S/c1-15(30-22-26-25-21(29-22)16-5-7-17(23)8-6-16)20(28)24-18-9-11-19(12-10-18)27-13-3-2-4-14-27/h5-12,15H,2-4,13-14H2,1H3,(H,24,28). The molecule has 0 saturated carbocycles. The van der Waals surface area contributed by atoms with E-state index in [-0.39, 0.29) is 11.2 Å². The Hall–Kier alpha value is -2.51. The highest BCUT2D eigenvalue weighted by Gasteiger charge is 2.19. The normalized spacial score (nSPS) is 15.1. The van der Waals surface area contributed by atoms with Crippen LogP contribution in [0.2, 0.25) is 5.02 Å². The SMILES string of the molecule is CC(Sc1nnc(-c2ccc(Cl)cc2)o1)C(=O)Nc1ccc(N2CCCCC2)cc1. The largest absolute Gasteiger partial charge is 0.411 e. The molecule has 6 nitrogen and oxygen atoms in total. The Labute approximate surface area is 185 Å². The number of carbonyl (C=O) groups is 1. The Balaban J connectivity index is 1.33. The van der Waals surface area contributed by atoms with E-state index in [4.69, 9.17) is 16.0 Å².